The highest BCUT2D eigenvalue weighted by Crippen LogP contribution is 2.06. The second-order valence-corrected chi connectivity index (χ2v) is 4.27. The summed E-state index contributed by atoms with van der Waals surface area (Å²) >= 11 is 0. The summed E-state index contributed by atoms with van der Waals surface area (Å²) in [6.07, 6.45) is 7.93. The summed E-state index contributed by atoms with van der Waals surface area (Å²) in [6, 6.07) is 0. The van der Waals surface area contributed by atoms with Gasteiger partial charge in [-0.05, 0) is 6.42 Å². The molecule has 0 aliphatic rings. The number of amides is 1. The highest BCUT2D eigenvalue weighted by atomic mass is 16.5. The van der Waals surface area contributed by atoms with Crippen molar-refractivity contribution < 1.29 is 9.53 Å². The van der Waals surface area contributed by atoms with Gasteiger partial charge < -0.3 is 15.8 Å². The molecule has 0 atom stereocenters. The van der Waals surface area contributed by atoms with Gasteiger partial charge in [0.1, 0.15) is 0 Å². The maximum absolute atomic E-state index is 11.4. The molecule has 0 fully saturated rings. The maximum atomic E-state index is 11.4. The van der Waals surface area contributed by atoms with E-state index < -0.39 is 0 Å². The van der Waals surface area contributed by atoms with Crippen LogP contribution in [-0.4, -0.2) is 32.2 Å². The van der Waals surface area contributed by atoms with Crippen LogP contribution in [0.25, 0.3) is 0 Å². The molecular weight excluding hydrogens is 216 g/mol. The van der Waals surface area contributed by atoms with E-state index in [-0.39, 0.29) is 5.91 Å². The fourth-order valence-corrected chi connectivity index (χ4v) is 1.60. The lowest BCUT2D eigenvalue weighted by Gasteiger charge is -2.05. The molecule has 4 nitrogen and oxygen atoms in total. The predicted octanol–water partition coefficient (Wildman–Crippen LogP) is 1.83. The lowest BCUT2D eigenvalue weighted by molar-refractivity contribution is -0.121. The van der Waals surface area contributed by atoms with Crippen LogP contribution < -0.4 is 11.1 Å². The molecule has 0 aromatic heterocycles. The number of carbonyl (C=O) groups excluding carboxylic acids is 1. The van der Waals surface area contributed by atoms with Crippen LogP contribution in [0.4, 0.5) is 0 Å². The van der Waals surface area contributed by atoms with Crippen molar-refractivity contribution in [3.63, 3.8) is 0 Å². The molecule has 0 aliphatic carbocycles. The van der Waals surface area contributed by atoms with Crippen LogP contribution in [-0.2, 0) is 9.53 Å². The molecule has 102 valence electrons. The average molecular weight is 244 g/mol. The van der Waals surface area contributed by atoms with Crippen LogP contribution in [0.1, 0.15) is 51.9 Å². The Hall–Kier alpha value is -0.610. The molecule has 0 radical (unpaired) electrons. The Balaban J connectivity index is 3.12. The van der Waals surface area contributed by atoms with Crippen molar-refractivity contribution in [2.45, 2.75) is 51.9 Å². The lowest BCUT2D eigenvalue weighted by Crippen LogP contribution is -2.27. The molecule has 0 heterocycles. The van der Waals surface area contributed by atoms with E-state index in [0.717, 1.165) is 12.8 Å². The zero-order valence-corrected chi connectivity index (χ0v) is 11.2. The Morgan fingerprint density at radius 2 is 1.82 bits per heavy atom. The molecular formula is C13H28N2O2. The van der Waals surface area contributed by atoms with Gasteiger partial charge in [-0.1, -0.05) is 39.0 Å². The number of nitrogens with one attached hydrogen (secondary N) is 1. The Morgan fingerprint density at radius 3 is 2.53 bits per heavy atom. The van der Waals surface area contributed by atoms with Crippen molar-refractivity contribution in [2.75, 3.05) is 26.3 Å². The number of ether oxygens (including phenoxy) is 1. The first-order valence-electron chi connectivity index (χ1n) is 6.85. The second kappa shape index (κ2) is 13.5. The van der Waals surface area contributed by atoms with Gasteiger partial charge in [0.15, 0.2) is 0 Å². The van der Waals surface area contributed by atoms with E-state index in [4.69, 9.17) is 10.5 Å². The predicted molar refractivity (Wildman–Crippen MR) is 70.9 cm³/mol. The van der Waals surface area contributed by atoms with Gasteiger partial charge in [0, 0.05) is 19.5 Å². The second-order valence-electron chi connectivity index (χ2n) is 4.27. The van der Waals surface area contributed by atoms with Gasteiger partial charge in [-0.15, -0.1) is 0 Å². The van der Waals surface area contributed by atoms with Gasteiger partial charge >= 0.3 is 0 Å². The summed E-state index contributed by atoms with van der Waals surface area (Å²) < 4.78 is 5.16. The zero-order chi connectivity index (χ0) is 12.8. The van der Waals surface area contributed by atoms with Gasteiger partial charge in [0.05, 0.1) is 13.2 Å². The minimum absolute atomic E-state index is 0.136. The van der Waals surface area contributed by atoms with Crippen molar-refractivity contribution in [1.29, 1.82) is 0 Å². The van der Waals surface area contributed by atoms with Crippen LogP contribution in [0, 0.1) is 0 Å². The minimum Gasteiger partial charge on any atom is -0.378 e. The highest BCUT2D eigenvalue weighted by molar-refractivity contribution is 5.75. The fraction of sp³-hybridized carbons (Fsp3) is 0.923. The number of hydrogen-bond donors (Lipinski definition) is 2. The summed E-state index contributed by atoms with van der Waals surface area (Å²) in [7, 11) is 0. The molecule has 4 heteroatoms. The van der Waals surface area contributed by atoms with E-state index in [0.29, 0.717) is 32.7 Å². The van der Waals surface area contributed by atoms with Gasteiger partial charge in [-0.2, -0.15) is 0 Å². The Labute approximate surface area is 105 Å². The van der Waals surface area contributed by atoms with Crippen molar-refractivity contribution in [3.8, 4) is 0 Å². The van der Waals surface area contributed by atoms with Gasteiger partial charge in [-0.3, -0.25) is 4.79 Å². The van der Waals surface area contributed by atoms with E-state index >= 15 is 0 Å². The van der Waals surface area contributed by atoms with E-state index in [9.17, 15) is 4.79 Å². The molecule has 0 rings (SSSR count). The smallest absolute Gasteiger partial charge is 0.220 e. The first-order valence-corrected chi connectivity index (χ1v) is 6.85. The Kier molecular flexibility index (Phi) is 13.0. The minimum atomic E-state index is 0.136. The quantitative estimate of drug-likeness (QED) is 0.515. The molecule has 0 bridgehead atoms. The van der Waals surface area contributed by atoms with Crippen molar-refractivity contribution in [2.24, 2.45) is 5.73 Å². The Bertz CT molecular complexity index is 175. The summed E-state index contributed by atoms with van der Waals surface area (Å²) in [5, 5.41) is 2.84. The molecule has 1 amide bonds. The van der Waals surface area contributed by atoms with Gasteiger partial charge in [-0.25, -0.2) is 0 Å². The third-order valence-electron chi connectivity index (χ3n) is 2.59. The lowest BCUT2D eigenvalue weighted by atomic mass is 10.1. The molecule has 0 saturated heterocycles. The van der Waals surface area contributed by atoms with Crippen LogP contribution >= 0.6 is 0 Å². The van der Waals surface area contributed by atoms with E-state index in [1.165, 1.54) is 25.7 Å². The molecule has 0 spiro atoms. The molecule has 3 N–H and O–H groups in total. The first kappa shape index (κ1) is 16.4. The van der Waals surface area contributed by atoms with Crippen LogP contribution in [0.15, 0.2) is 0 Å². The maximum Gasteiger partial charge on any atom is 0.220 e. The third-order valence-corrected chi connectivity index (χ3v) is 2.59. The third kappa shape index (κ3) is 13.3. The normalized spacial score (nSPS) is 10.5. The summed E-state index contributed by atoms with van der Waals surface area (Å²) in [4.78, 5) is 11.4. The molecule has 0 unspecified atom stereocenters. The monoisotopic (exact) mass is 244 g/mol. The van der Waals surface area contributed by atoms with E-state index in [1.54, 1.807) is 0 Å². The number of unbranched alkanes of at least 4 members (excludes halogenated alkanes) is 5. The molecule has 17 heavy (non-hydrogen) atoms. The number of carbonyl (C=O) groups is 1. The van der Waals surface area contributed by atoms with E-state index in [1.807, 2.05) is 0 Å². The summed E-state index contributed by atoms with van der Waals surface area (Å²) in [5.41, 5.74) is 5.27. The zero-order valence-electron chi connectivity index (χ0n) is 11.2. The molecule has 0 saturated carbocycles. The fourth-order valence-electron chi connectivity index (χ4n) is 1.60. The van der Waals surface area contributed by atoms with Crippen molar-refractivity contribution >= 4 is 5.91 Å². The van der Waals surface area contributed by atoms with Crippen LogP contribution in [0.5, 0.6) is 0 Å². The standard InChI is InChI=1S/C13H28N2O2/c1-2-3-4-5-6-7-8-13(16)15-10-12-17-11-9-14/h2-12,14H2,1H3,(H,15,16). The number of hydrogen-bond acceptors (Lipinski definition) is 3. The average Bonchev–Trinajstić information content (AvgIpc) is 2.33. The highest BCUT2D eigenvalue weighted by Gasteiger charge is 1.99. The molecule has 0 aliphatic heterocycles. The SMILES string of the molecule is CCCCCCCCC(=O)NCCOCCN. The summed E-state index contributed by atoms with van der Waals surface area (Å²) in [6.45, 7) is 4.45. The molecule has 0 aromatic rings. The van der Waals surface area contributed by atoms with Crippen molar-refractivity contribution in [1.82, 2.24) is 5.32 Å². The summed E-state index contributed by atoms with van der Waals surface area (Å²) in [5.74, 6) is 0.136. The van der Waals surface area contributed by atoms with Gasteiger partial charge in [0.2, 0.25) is 5.91 Å². The Morgan fingerprint density at radius 1 is 1.12 bits per heavy atom. The molecule has 0 aromatic carbocycles. The van der Waals surface area contributed by atoms with Crippen LogP contribution in [0.2, 0.25) is 0 Å². The topological polar surface area (TPSA) is 64.3 Å². The van der Waals surface area contributed by atoms with Gasteiger partial charge in [0.25, 0.3) is 0 Å². The van der Waals surface area contributed by atoms with E-state index in [2.05, 4.69) is 12.2 Å². The number of nitrogens with two attached hydrogens (primary N) is 1. The first-order chi connectivity index (χ1) is 8.31. The number of rotatable bonds is 12. The largest absolute Gasteiger partial charge is 0.378 e. The van der Waals surface area contributed by atoms with Crippen molar-refractivity contribution in [3.05, 3.63) is 0 Å². The van der Waals surface area contributed by atoms with Crippen LogP contribution in [0.3, 0.4) is 0 Å².